The minimum absolute atomic E-state index is 0.552. The maximum atomic E-state index is 5.87. The van der Waals surface area contributed by atoms with E-state index in [1.807, 2.05) is 0 Å². The van der Waals surface area contributed by atoms with Crippen LogP contribution < -0.4 is 0 Å². The van der Waals surface area contributed by atoms with Crippen molar-refractivity contribution in [2.24, 2.45) is 11.1 Å². The average Bonchev–Trinajstić information content (AvgIpc) is 2.75. The Hall–Kier alpha value is -1.65. The van der Waals surface area contributed by atoms with E-state index in [4.69, 9.17) is 9.99 Å². The van der Waals surface area contributed by atoms with Crippen LogP contribution in [0, 0.1) is 5.92 Å². The fraction of sp³-hybridized carbons (Fsp3) is 0.640. The summed E-state index contributed by atoms with van der Waals surface area (Å²) < 4.78 is 0. The standard InChI is InChI=1S/C25H39N3O/c1-3-4-12-23-13-8-14-24(21-22-10-6-5-7-11-22)25(23)26-29-20-9-15-28-18-16-27(2)17-19-28/h5-7,10-11,21,23H,3-4,8-9,12-20H2,1-2H3/b24-21+,26-25+. The molecular formula is C25H39N3O. The lowest BCUT2D eigenvalue weighted by molar-refractivity contribution is 0.110. The molecule has 4 heteroatoms. The quantitative estimate of drug-likeness (QED) is 0.430. The zero-order chi connectivity index (χ0) is 20.3. The summed E-state index contributed by atoms with van der Waals surface area (Å²) in [5.41, 5.74) is 3.86. The molecule has 0 N–H and O–H groups in total. The van der Waals surface area contributed by atoms with E-state index in [0.717, 1.165) is 26.0 Å². The highest BCUT2D eigenvalue weighted by molar-refractivity contribution is 6.05. The van der Waals surface area contributed by atoms with Gasteiger partial charge in [0.25, 0.3) is 0 Å². The van der Waals surface area contributed by atoms with Crippen LogP contribution in [0.1, 0.15) is 57.4 Å². The lowest BCUT2D eigenvalue weighted by Crippen LogP contribution is -2.44. The summed E-state index contributed by atoms with van der Waals surface area (Å²) in [6.45, 7) is 8.81. The van der Waals surface area contributed by atoms with Crippen LogP contribution in [0.3, 0.4) is 0 Å². The monoisotopic (exact) mass is 397 g/mol. The Morgan fingerprint density at radius 2 is 1.90 bits per heavy atom. The Bertz CT molecular complexity index is 647. The largest absolute Gasteiger partial charge is 0.396 e. The Morgan fingerprint density at radius 3 is 2.66 bits per heavy atom. The minimum Gasteiger partial charge on any atom is -0.396 e. The van der Waals surface area contributed by atoms with Crippen molar-refractivity contribution in [3.05, 3.63) is 41.5 Å². The molecule has 1 saturated heterocycles. The molecule has 1 aromatic rings. The zero-order valence-corrected chi connectivity index (χ0v) is 18.5. The Kier molecular flexibility index (Phi) is 9.23. The number of benzene rings is 1. The molecule has 2 aliphatic rings. The molecule has 1 unspecified atom stereocenters. The van der Waals surface area contributed by atoms with Crippen LogP contribution in [0.15, 0.2) is 41.1 Å². The third-order valence-corrected chi connectivity index (χ3v) is 6.23. The topological polar surface area (TPSA) is 28.1 Å². The normalized spacial score (nSPS) is 24.3. The first kappa shape index (κ1) is 22.0. The number of nitrogens with zero attached hydrogens (tertiary/aromatic N) is 3. The summed E-state index contributed by atoms with van der Waals surface area (Å²) in [6.07, 6.45) is 10.7. The number of hydrogen-bond donors (Lipinski definition) is 0. The predicted octanol–water partition coefficient (Wildman–Crippen LogP) is 5.07. The van der Waals surface area contributed by atoms with Crippen LogP contribution in [0.25, 0.3) is 6.08 Å². The molecule has 1 atom stereocenters. The van der Waals surface area contributed by atoms with Gasteiger partial charge in [0.05, 0.1) is 5.71 Å². The molecule has 0 bridgehead atoms. The van der Waals surface area contributed by atoms with E-state index >= 15 is 0 Å². The summed E-state index contributed by atoms with van der Waals surface area (Å²) in [7, 11) is 2.20. The van der Waals surface area contributed by atoms with E-state index < -0.39 is 0 Å². The maximum absolute atomic E-state index is 5.87. The van der Waals surface area contributed by atoms with E-state index in [9.17, 15) is 0 Å². The molecule has 0 radical (unpaired) electrons. The van der Waals surface area contributed by atoms with Crippen molar-refractivity contribution >= 4 is 11.8 Å². The fourth-order valence-corrected chi connectivity index (χ4v) is 4.37. The molecule has 160 valence electrons. The molecule has 4 nitrogen and oxygen atoms in total. The van der Waals surface area contributed by atoms with Gasteiger partial charge in [0.2, 0.25) is 0 Å². The van der Waals surface area contributed by atoms with Gasteiger partial charge >= 0.3 is 0 Å². The highest BCUT2D eigenvalue weighted by Crippen LogP contribution is 2.31. The molecule has 1 aliphatic carbocycles. The first-order valence-electron chi connectivity index (χ1n) is 11.6. The summed E-state index contributed by atoms with van der Waals surface area (Å²) in [6, 6.07) is 10.6. The molecule has 1 saturated carbocycles. The van der Waals surface area contributed by atoms with Crippen LogP contribution in [0.4, 0.5) is 0 Å². The van der Waals surface area contributed by atoms with Gasteiger partial charge in [-0.15, -0.1) is 0 Å². The van der Waals surface area contributed by atoms with Crippen LogP contribution in [-0.2, 0) is 4.84 Å². The van der Waals surface area contributed by atoms with E-state index in [2.05, 4.69) is 60.2 Å². The Balaban J connectivity index is 1.57. The summed E-state index contributed by atoms with van der Waals surface area (Å²) in [4.78, 5) is 10.8. The Morgan fingerprint density at radius 1 is 1.10 bits per heavy atom. The van der Waals surface area contributed by atoms with Crippen molar-refractivity contribution < 1.29 is 4.84 Å². The van der Waals surface area contributed by atoms with Gasteiger partial charge in [-0.25, -0.2) is 0 Å². The van der Waals surface area contributed by atoms with Crippen molar-refractivity contribution in [2.45, 2.75) is 51.9 Å². The van der Waals surface area contributed by atoms with Gasteiger partial charge in [0.15, 0.2) is 0 Å². The predicted molar refractivity (Wildman–Crippen MR) is 123 cm³/mol. The fourth-order valence-electron chi connectivity index (χ4n) is 4.37. The maximum Gasteiger partial charge on any atom is 0.118 e. The molecule has 1 aromatic carbocycles. The molecule has 3 rings (SSSR count). The van der Waals surface area contributed by atoms with Gasteiger partial charge in [-0.2, -0.15) is 0 Å². The molecular weight excluding hydrogens is 358 g/mol. The third kappa shape index (κ3) is 7.27. The van der Waals surface area contributed by atoms with Crippen molar-refractivity contribution in [3.63, 3.8) is 0 Å². The van der Waals surface area contributed by atoms with Gasteiger partial charge in [-0.05, 0) is 56.4 Å². The van der Waals surface area contributed by atoms with E-state index in [-0.39, 0.29) is 0 Å². The van der Waals surface area contributed by atoms with E-state index in [0.29, 0.717) is 5.92 Å². The number of piperazine rings is 1. The molecule has 0 amide bonds. The lowest BCUT2D eigenvalue weighted by atomic mass is 9.80. The number of allylic oxidation sites excluding steroid dienone is 1. The summed E-state index contributed by atoms with van der Waals surface area (Å²) >= 11 is 0. The van der Waals surface area contributed by atoms with Crippen LogP contribution in [0.2, 0.25) is 0 Å². The first-order valence-corrected chi connectivity index (χ1v) is 11.6. The number of unbranched alkanes of at least 4 members (excludes halogenated alkanes) is 1. The van der Waals surface area contributed by atoms with Gasteiger partial charge in [-0.3, -0.25) is 0 Å². The average molecular weight is 398 g/mol. The molecule has 0 spiro atoms. The number of hydrogen-bond acceptors (Lipinski definition) is 4. The SMILES string of the molecule is CCCCC1CCCC(=C\c2ccccc2)/C1=N/OCCCN1CCN(C)CC1. The molecule has 1 heterocycles. The number of oxime groups is 1. The zero-order valence-electron chi connectivity index (χ0n) is 18.5. The van der Waals surface area contributed by atoms with Crippen molar-refractivity contribution in [1.82, 2.24) is 9.80 Å². The highest BCUT2D eigenvalue weighted by atomic mass is 16.6. The van der Waals surface area contributed by atoms with Crippen molar-refractivity contribution in [1.29, 1.82) is 0 Å². The smallest absolute Gasteiger partial charge is 0.118 e. The number of rotatable bonds is 9. The number of likely N-dealkylation sites (N-methyl/N-ethyl adjacent to an activating group) is 1. The van der Waals surface area contributed by atoms with Gasteiger partial charge < -0.3 is 14.6 Å². The molecule has 0 aromatic heterocycles. The Labute approximate surface area is 177 Å². The second-order valence-corrected chi connectivity index (χ2v) is 8.62. The lowest BCUT2D eigenvalue weighted by Gasteiger charge is -2.32. The van der Waals surface area contributed by atoms with Crippen molar-refractivity contribution in [3.8, 4) is 0 Å². The first-order chi connectivity index (χ1) is 14.3. The molecule has 29 heavy (non-hydrogen) atoms. The minimum atomic E-state index is 0.552. The van der Waals surface area contributed by atoms with Crippen molar-refractivity contribution in [2.75, 3.05) is 46.4 Å². The van der Waals surface area contributed by atoms with Crippen LogP contribution in [0.5, 0.6) is 0 Å². The molecule has 2 fully saturated rings. The van der Waals surface area contributed by atoms with Crippen LogP contribution >= 0.6 is 0 Å². The summed E-state index contributed by atoms with van der Waals surface area (Å²) in [5, 5.41) is 4.71. The molecule has 1 aliphatic heterocycles. The second kappa shape index (κ2) is 12.1. The van der Waals surface area contributed by atoms with Gasteiger partial charge in [0, 0.05) is 38.6 Å². The van der Waals surface area contributed by atoms with E-state index in [1.165, 1.54) is 75.1 Å². The van der Waals surface area contributed by atoms with Gasteiger partial charge in [-0.1, -0.05) is 55.3 Å². The highest BCUT2D eigenvalue weighted by Gasteiger charge is 2.25. The van der Waals surface area contributed by atoms with Crippen LogP contribution in [-0.4, -0.2) is 61.9 Å². The summed E-state index contributed by atoms with van der Waals surface area (Å²) in [5.74, 6) is 0.552. The third-order valence-electron chi connectivity index (χ3n) is 6.23. The second-order valence-electron chi connectivity index (χ2n) is 8.62. The van der Waals surface area contributed by atoms with Gasteiger partial charge in [0.1, 0.15) is 6.61 Å². The van der Waals surface area contributed by atoms with E-state index in [1.54, 1.807) is 0 Å².